The van der Waals surface area contributed by atoms with E-state index >= 15 is 0 Å². The molecule has 0 aliphatic heterocycles. The van der Waals surface area contributed by atoms with Crippen molar-refractivity contribution in [2.45, 2.75) is 12.7 Å². The van der Waals surface area contributed by atoms with Crippen molar-refractivity contribution in [2.75, 3.05) is 0 Å². The van der Waals surface area contributed by atoms with Gasteiger partial charge in [0.25, 0.3) is 5.91 Å². The summed E-state index contributed by atoms with van der Waals surface area (Å²) in [5.74, 6) is -0.274. The van der Waals surface area contributed by atoms with Gasteiger partial charge in [0.05, 0.1) is 17.8 Å². The van der Waals surface area contributed by atoms with Crippen LogP contribution in [-0.2, 0) is 12.7 Å². The smallest absolute Gasteiger partial charge is 0.346 e. The highest BCUT2D eigenvalue weighted by atomic mass is 19.4. The SMILES string of the molecule is O=C(NCc1ccccn1)c1cccc(-c2ccc(C(F)(F)F)cc2)c1. The molecule has 2 aromatic carbocycles. The van der Waals surface area contributed by atoms with Crippen LogP contribution in [0.2, 0.25) is 0 Å². The zero-order valence-corrected chi connectivity index (χ0v) is 13.6. The first-order valence-corrected chi connectivity index (χ1v) is 7.89. The van der Waals surface area contributed by atoms with Gasteiger partial charge in [0.15, 0.2) is 0 Å². The molecule has 0 atom stereocenters. The molecule has 0 bridgehead atoms. The largest absolute Gasteiger partial charge is 0.416 e. The number of halogens is 3. The summed E-state index contributed by atoms with van der Waals surface area (Å²) in [6.45, 7) is 0.296. The van der Waals surface area contributed by atoms with Gasteiger partial charge in [-0.05, 0) is 47.5 Å². The molecule has 0 saturated carbocycles. The van der Waals surface area contributed by atoms with Crippen LogP contribution < -0.4 is 5.32 Å². The normalized spacial score (nSPS) is 11.2. The Kier molecular flexibility index (Phi) is 5.02. The van der Waals surface area contributed by atoms with Crippen LogP contribution in [0.4, 0.5) is 13.2 Å². The minimum absolute atomic E-state index is 0.274. The Morgan fingerprint density at radius 1 is 0.923 bits per heavy atom. The van der Waals surface area contributed by atoms with Gasteiger partial charge in [0.1, 0.15) is 0 Å². The number of benzene rings is 2. The number of hydrogen-bond donors (Lipinski definition) is 1. The highest BCUT2D eigenvalue weighted by Crippen LogP contribution is 2.31. The summed E-state index contributed by atoms with van der Waals surface area (Å²) < 4.78 is 38.0. The summed E-state index contributed by atoms with van der Waals surface area (Å²) in [6, 6.07) is 17.0. The summed E-state index contributed by atoms with van der Waals surface area (Å²) >= 11 is 0. The Morgan fingerprint density at radius 3 is 2.35 bits per heavy atom. The molecule has 1 heterocycles. The first-order valence-electron chi connectivity index (χ1n) is 7.89. The van der Waals surface area contributed by atoms with E-state index in [9.17, 15) is 18.0 Å². The van der Waals surface area contributed by atoms with E-state index in [1.807, 2.05) is 6.07 Å². The van der Waals surface area contributed by atoms with Gasteiger partial charge < -0.3 is 5.32 Å². The highest BCUT2D eigenvalue weighted by Gasteiger charge is 2.29. The summed E-state index contributed by atoms with van der Waals surface area (Å²) in [7, 11) is 0. The zero-order valence-electron chi connectivity index (χ0n) is 13.6. The van der Waals surface area contributed by atoms with Crippen LogP contribution in [0.25, 0.3) is 11.1 Å². The van der Waals surface area contributed by atoms with Crippen LogP contribution in [-0.4, -0.2) is 10.9 Å². The van der Waals surface area contributed by atoms with E-state index in [2.05, 4.69) is 10.3 Å². The maximum Gasteiger partial charge on any atom is 0.416 e. The van der Waals surface area contributed by atoms with Crippen LogP contribution in [0.15, 0.2) is 72.9 Å². The number of rotatable bonds is 4. The molecule has 0 unspecified atom stereocenters. The molecular formula is C20H15F3N2O. The van der Waals surface area contributed by atoms with Gasteiger partial charge in [0.2, 0.25) is 0 Å². The Hall–Kier alpha value is -3.15. The van der Waals surface area contributed by atoms with Crippen LogP contribution in [0.3, 0.4) is 0 Å². The molecule has 1 amide bonds. The third-order valence-corrected chi connectivity index (χ3v) is 3.83. The average molecular weight is 356 g/mol. The van der Waals surface area contributed by atoms with Crippen LogP contribution in [0, 0.1) is 0 Å². The number of alkyl halides is 3. The quantitative estimate of drug-likeness (QED) is 0.736. The Labute approximate surface area is 148 Å². The van der Waals surface area contributed by atoms with Crippen molar-refractivity contribution in [3.05, 3.63) is 89.7 Å². The maximum atomic E-state index is 12.7. The maximum absolute atomic E-state index is 12.7. The van der Waals surface area contributed by atoms with Crippen molar-refractivity contribution in [2.24, 2.45) is 0 Å². The second-order valence-corrected chi connectivity index (χ2v) is 5.66. The topological polar surface area (TPSA) is 42.0 Å². The van der Waals surface area contributed by atoms with Gasteiger partial charge in [-0.1, -0.05) is 30.3 Å². The second-order valence-electron chi connectivity index (χ2n) is 5.66. The monoisotopic (exact) mass is 356 g/mol. The third kappa shape index (κ3) is 4.27. The van der Waals surface area contributed by atoms with E-state index in [0.29, 0.717) is 23.2 Å². The van der Waals surface area contributed by atoms with E-state index in [-0.39, 0.29) is 5.91 Å². The minimum atomic E-state index is -4.37. The average Bonchev–Trinajstić information content (AvgIpc) is 2.66. The van der Waals surface area contributed by atoms with Gasteiger partial charge in [-0.15, -0.1) is 0 Å². The van der Waals surface area contributed by atoms with Crippen molar-refractivity contribution in [3.8, 4) is 11.1 Å². The highest BCUT2D eigenvalue weighted by molar-refractivity contribution is 5.95. The summed E-state index contributed by atoms with van der Waals surface area (Å²) in [4.78, 5) is 16.4. The molecule has 0 spiro atoms. The lowest BCUT2D eigenvalue weighted by Crippen LogP contribution is -2.23. The molecule has 0 radical (unpaired) electrons. The van der Waals surface area contributed by atoms with Crippen molar-refractivity contribution < 1.29 is 18.0 Å². The Bertz CT molecular complexity index is 891. The molecule has 0 fully saturated rings. The third-order valence-electron chi connectivity index (χ3n) is 3.83. The van der Waals surface area contributed by atoms with Gasteiger partial charge in [0, 0.05) is 11.8 Å². The number of nitrogens with zero attached hydrogens (tertiary/aromatic N) is 1. The number of nitrogens with one attached hydrogen (secondary N) is 1. The number of pyridine rings is 1. The minimum Gasteiger partial charge on any atom is -0.346 e. The molecule has 0 aliphatic rings. The van der Waals surface area contributed by atoms with Gasteiger partial charge >= 0.3 is 6.18 Å². The summed E-state index contributed by atoms with van der Waals surface area (Å²) in [6.07, 6.45) is -2.72. The number of aromatic nitrogens is 1. The molecule has 3 aromatic rings. The van der Waals surface area contributed by atoms with Gasteiger partial charge in [-0.2, -0.15) is 13.2 Å². The second kappa shape index (κ2) is 7.39. The van der Waals surface area contributed by atoms with Crippen molar-refractivity contribution >= 4 is 5.91 Å². The molecule has 0 saturated heterocycles. The van der Waals surface area contributed by atoms with Gasteiger partial charge in [-0.25, -0.2) is 0 Å². The number of amides is 1. The summed E-state index contributed by atoms with van der Waals surface area (Å²) in [5.41, 5.74) is 1.74. The lowest BCUT2D eigenvalue weighted by Gasteiger charge is -2.09. The Morgan fingerprint density at radius 2 is 1.69 bits per heavy atom. The fraction of sp³-hybridized carbons (Fsp3) is 0.100. The molecule has 26 heavy (non-hydrogen) atoms. The first kappa shape index (κ1) is 17.7. The molecule has 0 aliphatic carbocycles. The predicted octanol–water partition coefficient (Wildman–Crippen LogP) is 4.70. The van der Waals surface area contributed by atoms with Crippen molar-refractivity contribution in [3.63, 3.8) is 0 Å². The van der Waals surface area contributed by atoms with E-state index < -0.39 is 11.7 Å². The predicted molar refractivity (Wildman–Crippen MR) is 92.3 cm³/mol. The fourth-order valence-corrected chi connectivity index (χ4v) is 2.47. The zero-order chi connectivity index (χ0) is 18.6. The van der Waals surface area contributed by atoms with E-state index in [4.69, 9.17) is 0 Å². The number of hydrogen-bond acceptors (Lipinski definition) is 2. The van der Waals surface area contributed by atoms with E-state index in [1.165, 1.54) is 12.1 Å². The van der Waals surface area contributed by atoms with Crippen LogP contribution in [0.1, 0.15) is 21.6 Å². The first-order chi connectivity index (χ1) is 12.4. The van der Waals surface area contributed by atoms with Crippen molar-refractivity contribution in [1.82, 2.24) is 10.3 Å². The van der Waals surface area contributed by atoms with Crippen molar-refractivity contribution in [1.29, 1.82) is 0 Å². The lowest BCUT2D eigenvalue weighted by molar-refractivity contribution is -0.137. The molecule has 1 aromatic heterocycles. The molecule has 132 valence electrons. The molecular weight excluding hydrogens is 341 g/mol. The molecule has 1 N–H and O–H groups in total. The lowest BCUT2D eigenvalue weighted by atomic mass is 10.0. The summed E-state index contributed by atoms with van der Waals surface area (Å²) in [5, 5.41) is 2.77. The van der Waals surface area contributed by atoms with E-state index in [1.54, 1.807) is 42.6 Å². The molecule has 6 heteroatoms. The fourth-order valence-electron chi connectivity index (χ4n) is 2.47. The number of carbonyl (C=O) groups is 1. The van der Waals surface area contributed by atoms with E-state index in [0.717, 1.165) is 17.8 Å². The molecule has 3 rings (SSSR count). The van der Waals surface area contributed by atoms with Gasteiger partial charge in [-0.3, -0.25) is 9.78 Å². The van der Waals surface area contributed by atoms with Crippen LogP contribution >= 0.6 is 0 Å². The molecule has 3 nitrogen and oxygen atoms in total. The number of carbonyl (C=O) groups excluding carboxylic acids is 1. The van der Waals surface area contributed by atoms with Crippen LogP contribution in [0.5, 0.6) is 0 Å². The Balaban J connectivity index is 1.74. The standard InChI is InChI=1S/C20H15F3N2O/c21-20(22,23)17-9-7-14(8-10-17)15-4-3-5-16(12-15)19(26)25-13-18-6-1-2-11-24-18/h1-12H,13H2,(H,25,26).